The summed E-state index contributed by atoms with van der Waals surface area (Å²) in [5, 5.41) is 2.63. The Kier molecular flexibility index (Phi) is 5.21. The highest BCUT2D eigenvalue weighted by molar-refractivity contribution is 9.10. The van der Waals surface area contributed by atoms with Crippen molar-refractivity contribution < 1.29 is 9.59 Å². The lowest BCUT2D eigenvalue weighted by Gasteiger charge is -2.28. The van der Waals surface area contributed by atoms with Crippen LogP contribution in [0.3, 0.4) is 0 Å². The molecule has 0 atom stereocenters. The van der Waals surface area contributed by atoms with Gasteiger partial charge in [-0.2, -0.15) is 0 Å². The highest BCUT2D eigenvalue weighted by Crippen LogP contribution is 2.22. The molecule has 0 spiro atoms. The van der Waals surface area contributed by atoms with Crippen molar-refractivity contribution in [2.24, 2.45) is 0 Å². The van der Waals surface area contributed by atoms with Crippen LogP contribution in [-0.4, -0.2) is 16.9 Å². The second-order valence-electron chi connectivity index (χ2n) is 5.23. The Bertz CT molecular complexity index is 889. The number of hydrogen-bond donors (Lipinski definition) is 1. The topological polar surface area (TPSA) is 49.4 Å². The van der Waals surface area contributed by atoms with Crippen molar-refractivity contribution >= 4 is 56.8 Å². The quantitative estimate of drug-likeness (QED) is 0.473. The van der Waals surface area contributed by atoms with Crippen LogP contribution in [0.25, 0.3) is 6.08 Å². The molecule has 0 radical (unpaired) electrons. The van der Waals surface area contributed by atoms with E-state index in [1.54, 1.807) is 30.3 Å². The van der Waals surface area contributed by atoms with E-state index in [9.17, 15) is 9.59 Å². The van der Waals surface area contributed by atoms with Gasteiger partial charge in [0.1, 0.15) is 5.57 Å². The first-order chi connectivity index (χ1) is 12.1. The van der Waals surface area contributed by atoms with Crippen LogP contribution in [0, 0.1) is 0 Å². The number of anilines is 1. The van der Waals surface area contributed by atoms with Crippen LogP contribution in [0.2, 0.25) is 0 Å². The number of thiocarbonyl (C=S) groups is 1. The Hall–Kier alpha value is -2.57. The predicted octanol–water partition coefficient (Wildman–Crippen LogP) is 3.84. The van der Waals surface area contributed by atoms with E-state index >= 15 is 0 Å². The molecule has 0 aromatic heterocycles. The Labute approximate surface area is 159 Å². The Morgan fingerprint density at radius 2 is 1.68 bits per heavy atom. The van der Waals surface area contributed by atoms with E-state index in [1.165, 1.54) is 11.0 Å². The minimum Gasteiger partial charge on any atom is -0.298 e. The fraction of sp³-hybridized carbons (Fsp3) is 0. The van der Waals surface area contributed by atoms with Crippen LogP contribution in [0.4, 0.5) is 5.69 Å². The largest absolute Gasteiger partial charge is 0.298 e. The van der Waals surface area contributed by atoms with Crippen molar-refractivity contribution in [1.29, 1.82) is 0 Å². The summed E-state index contributed by atoms with van der Waals surface area (Å²) >= 11 is 8.51. The molecule has 2 amide bonds. The van der Waals surface area contributed by atoms with Crippen molar-refractivity contribution in [2.45, 2.75) is 0 Å². The lowest BCUT2D eigenvalue weighted by molar-refractivity contribution is -0.122. The van der Waals surface area contributed by atoms with Crippen LogP contribution in [0.5, 0.6) is 0 Å². The standard InChI is InChI=1S/C19H13BrN2O2S/c20-14-9-11-15(12-10-14)22-18(24)16(17(23)21-19(22)25)8-4-7-13-5-2-1-3-6-13/h1-12H,(H,21,23,25)/b7-4-,16-8+. The molecular formula is C19H13BrN2O2S. The molecule has 1 aliphatic heterocycles. The average molecular weight is 413 g/mol. The number of amides is 2. The van der Waals surface area contributed by atoms with Gasteiger partial charge in [-0.1, -0.05) is 58.4 Å². The Morgan fingerprint density at radius 3 is 2.36 bits per heavy atom. The summed E-state index contributed by atoms with van der Waals surface area (Å²) in [4.78, 5) is 26.2. The van der Waals surface area contributed by atoms with Gasteiger partial charge in [0.25, 0.3) is 11.8 Å². The monoisotopic (exact) mass is 412 g/mol. The maximum atomic E-state index is 12.7. The van der Waals surface area contributed by atoms with Gasteiger partial charge in [0.2, 0.25) is 0 Å². The third kappa shape index (κ3) is 3.92. The molecule has 1 saturated heterocycles. The second-order valence-corrected chi connectivity index (χ2v) is 6.53. The molecule has 2 aromatic carbocycles. The summed E-state index contributed by atoms with van der Waals surface area (Å²) < 4.78 is 0.886. The number of rotatable bonds is 3. The minimum atomic E-state index is -0.499. The molecule has 6 heteroatoms. The molecule has 1 heterocycles. The average Bonchev–Trinajstić information content (AvgIpc) is 2.60. The number of nitrogens with zero attached hydrogens (tertiary/aromatic N) is 1. The number of halogens is 1. The molecule has 0 aliphatic carbocycles. The van der Waals surface area contributed by atoms with Gasteiger partial charge in [-0.05, 0) is 48.1 Å². The van der Waals surface area contributed by atoms with Crippen LogP contribution >= 0.6 is 28.1 Å². The third-order valence-electron chi connectivity index (χ3n) is 3.54. The van der Waals surface area contributed by atoms with Gasteiger partial charge in [-0.3, -0.25) is 19.8 Å². The molecule has 4 nitrogen and oxygen atoms in total. The molecule has 0 bridgehead atoms. The van der Waals surface area contributed by atoms with Gasteiger partial charge in [0, 0.05) is 4.47 Å². The van der Waals surface area contributed by atoms with E-state index in [4.69, 9.17) is 12.2 Å². The van der Waals surface area contributed by atoms with Crippen molar-refractivity contribution in [3.8, 4) is 0 Å². The number of carbonyl (C=O) groups is 2. The molecular weight excluding hydrogens is 400 g/mol. The first-order valence-corrected chi connectivity index (χ1v) is 8.65. The fourth-order valence-corrected chi connectivity index (χ4v) is 2.87. The zero-order valence-corrected chi connectivity index (χ0v) is 15.4. The molecule has 3 rings (SSSR count). The number of allylic oxidation sites excluding steroid dienone is 2. The van der Waals surface area contributed by atoms with E-state index < -0.39 is 11.8 Å². The van der Waals surface area contributed by atoms with Crippen molar-refractivity contribution in [3.63, 3.8) is 0 Å². The first-order valence-electron chi connectivity index (χ1n) is 7.45. The molecule has 1 aliphatic rings. The first kappa shape index (κ1) is 17.3. The molecule has 1 fully saturated rings. The van der Waals surface area contributed by atoms with Crippen LogP contribution in [-0.2, 0) is 9.59 Å². The van der Waals surface area contributed by atoms with Crippen molar-refractivity contribution in [2.75, 3.05) is 4.90 Å². The Balaban J connectivity index is 1.88. The lowest BCUT2D eigenvalue weighted by Crippen LogP contribution is -2.54. The fourth-order valence-electron chi connectivity index (χ4n) is 2.32. The Morgan fingerprint density at radius 1 is 1.00 bits per heavy atom. The molecule has 25 heavy (non-hydrogen) atoms. The number of benzene rings is 2. The lowest BCUT2D eigenvalue weighted by atomic mass is 10.1. The van der Waals surface area contributed by atoms with E-state index in [2.05, 4.69) is 21.2 Å². The van der Waals surface area contributed by atoms with E-state index in [1.807, 2.05) is 36.4 Å². The normalized spacial score (nSPS) is 16.6. The van der Waals surface area contributed by atoms with E-state index in [-0.39, 0.29) is 10.7 Å². The summed E-state index contributed by atoms with van der Waals surface area (Å²) in [6.07, 6.45) is 5.00. The zero-order chi connectivity index (χ0) is 17.8. The van der Waals surface area contributed by atoms with Gasteiger partial charge >= 0.3 is 0 Å². The van der Waals surface area contributed by atoms with Crippen LogP contribution in [0.15, 0.2) is 76.8 Å². The third-order valence-corrected chi connectivity index (χ3v) is 4.35. The van der Waals surface area contributed by atoms with Crippen molar-refractivity contribution in [3.05, 3.63) is 82.4 Å². The smallest absolute Gasteiger partial charge is 0.270 e. The van der Waals surface area contributed by atoms with E-state index in [0.717, 1.165) is 10.0 Å². The SMILES string of the molecule is O=C1NC(=S)N(c2ccc(Br)cc2)C(=O)/C1=C/C=C\c1ccccc1. The summed E-state index contributed by atoms with van der Waals surface area (Å²) in [6.45, 7) is 0. The number of carbonyl (C=O) groups excluding carboxylic acids is 2. The van der Waals surface area contributed by atoms with Gasteiger partial charge in [0.05, 0.1) is 5.69 Å². The molecule has 2 aromatic rings. The minimum absolute atomic E-state index is 0.0312. The van der Waals surface area contributed by atoms with Gasteiger partial charge < -0.3 is 0 Å². The molecule has 0 saturated carbocycles. The summed E-state index contributed by atoms with van der Waals surface area (Å²) in [6, 6.07) is 16.7. The molecule has 0 unspecified atom stereocenters. The van der Waals surface area contributed by atoms with Gasteiger partial charge in [0.15, 0.2) is 5.11 Å². The predicted molar refractivity (Wildman–Crippen MR) is 106 cm³/mol. The number of hydrogen-bond acceptors (Lipinski definition) is 3. The van der Waals surface area contributed by atoms with Crippen LogP contribution in [0.1, 0.15) is 5.56 Å². The highest BCUT2D eigenvalue weighted by Gasteiger charge is 2.33. The summed E-state index contributed by atoms with van der Waals surface area (Å²) in [5.41, 5.74) is 1.60. The second kappa shape index (κ2) is 7.55. The van der Waals surface area contributed by atoms with Crippen molar-refractivity contribution in [1.82, 2.24) is 5.32 Å². The van der Waals surface area contributed by atoms with Gasteiger partial charge in [-0.25, -0.2) is 0 Å². The highest BCUT2D eigenvalue weighted by atomic mass is 79.9. The zero-order valence-electron chi connectivity index (χ0n) is 13.0. The summed E-state index contributed by atoms with van der Waals surface area (Å²) in [7, 11) is 0. The maximum Gasteiger partial charge on any atom is 0.270 e. The molecule has 124 valence electrons. The van der Waals surface area contributed by atoms with Crippen LogP contribution < -0.4 is 10.2 Å². The molecule has 1 N–H and O–H groups in total. The number of nitrogens with one attached hydrogen (secondary N) is 1. The summed E-state index contributed by atoms with van der Waals surface area (Å²) in [5.74, 6) is -0.949. The van der Waals surface area contributed by atoms with E-state index in [0.29, 0.717) is 5.69 Å². The maximum absolute atomic E-state index is 12.7. The van der Waals surface area contributed by atoms with Gasteiger partial charge in [-0.15, -0.1) is 0 Å².